The zero-order valence-corrected chi connectivity index (χ0v) is 62.6. The predicted octanol–water partition coefficient (Wildman–Crippen LogP) is 20.5. The molecule has 0 atom stereocenters. The van der Waals surface area contributed by atoms with Gasteiger partial charge in [-0.1, -0.05) is 235 Å². The molecule has 0 saturated carbocycles. The van der Waals surface area contributed by atoms with Gasteiger partial charge in [0.1, 0.15) is 30.6 Å². The first-order chi connectivity index (χ1) is 38.6. The van der Waals surface area contributed by atoms with Gasteiger partial charge in [0.25, 0.3) is 0 Å². The summed E-state index contributed by atoms with van der Waals surface area (Å²) < 4.78 is 1.81. The van der Waals surface area contributed by atoms with Gasteiger partial charge in [-0.15, -0.1) is 22.7 Å². The largest absolute Gasteiger partial charge is 0.403 e. The van der Waals surface area contributed by atoms with Crippen molar-refractivity contribution in [3.63, 3.8) is 0 Å². The standard InChI is InChI=1S/C6H10N2.2C6H9NS.3C5H9N3.C5H13N3.C5H12.5C4H10.C3H8/c1-5(2)6-7-3-4-8-6;1-5(2)6-3-8-4-7-6;1-5(2)6-3-7-4-8-6;1-5(2)8-4-6-3-7-8;1-4(2)5-6-3-7-8-5;1-4(2)5-3-6-8-7-5;1-4(2)5(3-6)8-7;1-5(2,3)4;5*1-4(2)3;1-3-2/h3-5H,1-2H3,(H,7,8);3*3-5H,1-2H3;2*3-4H,1-2H3,(H,6,7,8);3-4,8H,6-7H2,1-2H3;1-4H3;5*4H,1-3H3;3H2,1-2H3/b;;;;;;5-3-;;;;;;;. The van der Waals surface area contributed by atoms with Crippen LogP contribution in [0.4, 0.5) is 0 Å². The fraction of sp³-hybridized carbons (Fsp3) is 0.742. The summed E-state index contributed by atoms with van der Waals surface area (Å²) in [6, 6.07) is 0.428. The molecule has 0 aromatic carbocycles. The van der Waals surface area contributed by atoms with E-state index < -0.39 is 0 Å². The summed E-state index contributed by atoms with van der Waals surface area (Å²) in [7, 11) is 0. The summed E-state index contributed by atoms with van der Waals surface area (Å²) in [5.74, 6) is 14.3. The summed E-state index contributed by atoms with van der Waals surface area (Å²) in [5, 5.41) is 22.6. The molecule has 0 bridgehead atoms. The second kappa shape index (κ2) is 64.2. The maximum Gasteiger partial charge on any atom is 0.137 e. The lowest BCUT2D eigenvalue weighted by atomic mass is 10.0. The number of thiazole rings is 2. The molecule has 0 amide bonds. The third kappa shape index (κ3) is 93.6. The molecule has 6 aromatic rings. The van der Waals surface area contributed by atoms with Gasteiger partial charge >= 0.3 is 0 Å². The van der Waals surface area contributed by atoms with Crippen LogP contribution in [-0.4, -0.2) is 65.3 Å². The zero-order chi connectivity index (χ0) is 67.6. The van der Waals surface area contributed by atoms with Gasteiger partial charge in [-0.2, -0.15) is 25.6 Å². The van der Waals surface area contributed by atoms with Crippen molar-refractivity contribution in [3.8, 4) is 0 Å². The van der Waals surface area contributed by atoms with Crippen molar-refractivity contribution >= 4 is 22.7 Å². The SMILES string of the molecule is CC(C)(C)C.CC(C)/C(=C/N)NN.CC(C)C.CC(C)C.CC(C)C.CC(C)C.CC(C)C.CC(C)c1cn[nH]n1.CC(C)c1cncs1.CC(C)c1cscn1.CC(C)c1ncc[nH]1.CC(C)c1ncn[nH]1.CC(C)n1cncn1.CCC. The van der Waals surface area contributed by atoms with Crippen molar-refractivity contribution in [1.29, 1.82) is 0 Å². The zero-order valence-electron chi connectivity index (χ0n) is 60.9. The number of hydrazine groups is 1. The smallest absolute Gasteiger partial charge is 0.137 e. The Morgan fingerprint density at radius 1 is 0.583 bits per heavy atom. The number of hydrogen-bond acceptors (Lipinski definition) is 14. The highest BCUT2D eigenvalue weighted by molar-refractivity contribution is 7.09. The number of rotatable bonds is 8. The summed E-state index contributed by atoms with van der Waals surface area (Å²) >= 11 is 3.38. The van der Waals surface area contributed by atoms with Crippen LogP contribution in [0.15, 0.2) is 72.1 Å². The maximum atomic E-state index is 5.18. The summed E-state index contributed by atoms with van der Waals surface area (Å²) in [4.78, 5) is 24.3. The quantitative estimate of drug-likeness (QED) is 0.0617. The van der Waals surface area contributed by atoms with Crippen LogP contribution in [0.25, 0.3) is 0 Å². The van der Waals surface area contributed by atoms with Gasteiger partial charge in [0.05, 0.1) is 28.6 Å². The Hall–Kier alpha value is -4.81. The first-order valence-corrected chi connectivity index (χ1v) is 32.6. The van der Waals surface area contributed by atoms with E-state index in [4.69, 9.17) is 11.6 Å². The molecule has 0 saturated heterocycles. The maximum absolute atomic E-state index is 5.18. The lowest BCUT2D eigenvalue weighted by Crippen LogP contribution is -2.25. The fourth-order valence-electron chi connectivity index (χ4n) is 3.48. The van der Waals surface area contributed by atoms with Crippen molar-refractivity contribution < 1.29 is 0 Å². The summed E-state index contributed by atoms with van der Waals surface area (Å²) in [6.45, 7) is 74.8. The number of nitrogens with two attached hydrogens (primary N) is 2. The molecule has 0 aliphatic rings. The fourth-order valence-corrected chi connectivity index (χ4v) is 4.84. The topological polar surface area (TPSA) is 232 Å². The number of H-pyrrole nitrogens is 3. The molecule has 0 aliphatic carbocycles. The summed E-state index contributed by atoms with van der Waals surface area (Å²) in [6.07, 6.45) is 14.8. The average molecular weight is 1220 g/mol. The minimum atomic E-state index is 0.380. The van der Waals surface area contributed by atoms with Gasteiger partial charge in [0.2, 0.25) is 0 Å². The number of nitrogens with zero attached hydrogens (tertiary/aromatic N) is 10. The van der Waals surface area contributed by atoms with Crippen molar-refractivity contribution in [2.24, 2.45) is 52.5 Å². The number of hydrogen-bond donors (Lipinski definition) is 6. The highest BCUT2D eigenvalue weighted by Gasteiger charge is 2.01. The van der Waals surface area contributed by atoms with E-state index in [9.17, 15) is 0 Å². The van der Waals surface area contributed by atoms with E-state index in [1.807, 2.05) is 37.3 Å². The lowest BCUT2D eigenvalue weighted by Gasteiger charge is -2.07. The van der Waals surface area contributed by atoms with Crippen LogP contribution in [0.2, 0.25) is 0 Å². The van der Waals surface area contributed by atoms with Crippen molar-refractivity contribution in [1.82, 2.24) is 70.7 Å². The van der Waals surface area contributed by atoms with Crippen LogP contribution in [0.5, 0.6) is 0 Å². The van der Waals surface area contributed by atoms with Gasteiger partial charge < -0.3 is 16.1 Å². The van der Waals surface area contributed by atoms with E-state index in [-0.39, 0.29) is 0 Å². The van der Waals surface area contributed by atoms with E-state index in [1.165, 1.54) is 29.5 Å². The van der Waals surface area contributed by atoms with Crippen LogP contribution >= 0.6 is 22.7 Å². The Labute approximate surface area is 527 Å². The Balaban J connectivity index is -0.000000125. The molecule has 6 aromatic heterocycles. The minimum absolute atomic E-state index is 0.380. The Bertz CT molecular complexity index is 1670. The molecular weight excluding hydrogens is 1080 g/mol. The Morgan fingerprint density at radius 2 is 1.04 bits per heavy atom. The molecule has 6 rings (SSSR count). The molecule has 16 nitrogen and oxygen atoms in total. The van der Waals surface area contributed by atoms with Gasteiger partial charge in [-0.3, -0.25) is 20.6 Å². The normalized spacial score (nSPS) is 10.2. The van der Waals surface area contributed by atoms with Gasteiger partial charge in [-0.05, 0) is 72.5 Å². The highest BCUT2D eigenvalue weighted by atomic mass is 32.1. The molecule has 0 radical (unpaired) electrons. The molecule has 494 valence electrons. The van der Waals surface area contributed by atoms with Crippen LogP contribution < -0.4 is 17.0 Å². The predicted molar refractivity (Wildman–Crippen MR) is 375 cm³/mol. The van der Waals surface area contributed by atoms with E-state index in [0.717, 1.165) is 52.6 Å². The molecule has 18 heteroatoms. The Morgan fingerprint density at radius 3 is 1.18 bits per heavy atom. The molecule has 0 aliphatic heterocycles. The number of allylic oxidation sites excluding steroid dienone is 1. The lowest BCUT2D eigenvalue weighted by molar-refractivity contribution is 0.469. The van der Waals surface area contributed by atoms with Gasteiger partial charge in [0, 0.05) is 58.6 Å². The molecule has 8 N–H and O–H groups in total. The Kier molecular flexibility index (Phi) is 73.0. The number of nitrogens with one attached hydrogen (secondary N) is 4. The molecule has 6 heterocycles. The van der Waals surface area contributed by atoms with E-state index in [2.05, 4.69) is 300 Å². The molecule has 84 heavy (non-hydrogen) atoms. The number of imidazole rings is 1. The summed E-state index contributed by atoms with van der Waals surface area (Å²) in [5.41, 5.74) is 15.0. The first kappa shape index (κ1) is 95.5. The second-order valence-corrected chi connectivity index (χ2v) is 28.2. The average Bonchev–Trinajstić information content (AvgIpc) is 4.20. The van der Waals surface area contributed by atoms with E-state index >= 15 is 0 Å². The van der Waals surface area contributed by atoms with Crippen LogP contribution in [0, 0.1) is 40.9 Å². The number of aromatic amines is 3. The van der Waals surface area contributed by atoms with Crippen LogP contribution in [0.1, 0.15) is 312 Å². The van der Waals surface area contributed by atoms with Crippen molar-refractivity contribution in [2.75, 3.05) is 0 Å². The van der Waals surface area contributed by atoms with E-state index in [0.29, 0.717) is 47.0 Å². The highest BCUT2D eigenvalue weighted by Crippen LogP contribution is 2.17. The van der Waals surface area contributed by atoms with Crippen LogP contribution in [-0.2, 0) is 0 Å². The van der Waals surface area contributed by atoms with Crippen molar-refractivity contribution in [2.45, 2.75) is 284 Å². The number of aromatic nitrogens is 13. The van der Waals surface area contributed by atoms with E-state index in [1.54, 1.807) is 52.4 Å². The minimum Gasteiger partial charge on any atom is -0.403 e. The second-order valence-electron chi connectivity index (χ2n) is 26.6. The van der Waals surface area contributed by atoms with Gasteiger partial charge in [-0.25, -0.2) is 19.9 Å². The molecule has 0 spiro atoms. The molecule has 0 unspecified atom stereocenters. The molecule has 0 fully saturated rings. The van der Waals surface area contributed by atoms with Gasteiger partial charge in [0.15, 0.2) is 0 Å². The third-order valence-corrected chi connectivity index (χ3v) is 8.75. The van der Waals surface area contributed by atoms with Crippen LogP contribution in [0.3, 0.4) is 0 Å². The van der Waals surface area contributed by atoms with Crippen molar-refractivity contribution in [3.05, 3.63) is 100.0 Å². The molecular formula is C66H138N16S2. The monoisotopic (exact) mass is 1220 g/mol. The first-order valence-electron chi connectivity index (χ1n) is 30.8. The third-order valence-electron chi connectivity index (χ3n) is 7.07.